The molecule has 0 fully saturated rings. The van der Waals surface area contributed by atoms with E-state index in [1.54, 1.807) is 60.7 Å². The molecule has 0 saturated carbocycles. The van der Waals surface area contributed by atoms with E-state index in [0.717, 1.165) is 0 Å². The number of carbonyl (C=O) groups excluding carboxylic acids is 3. The topological polar surface area (TPSA) is 122 Å². The number of amides is 3. The van der Waals surface area contributed by atoms with Crippen molar-refractivity contribution >= 4 is 24.1 Å². The van der Waals surface area contributed by atoms with Crippen molar-refractivity contribution in [2.24, 2.45) is 0 Å². The standard InChI is InChI=1S/C20H20N2O7/c23-17(21-11-18(24)25)12-22(19(26)28-13-15-7-3-1-4-8-15)20(27)29-14-16-9-5-2-6-10-16/h1-10H,11-14H2,(H,21,23)(H,24,25). The van der Waals surface area contributed by atoms with Crippen LogP contribution in [-0.2, 0) is 32.3 Å². The average Bonchev–Trinajstić information content (AvgIpc) is 2.74. The van der Waals surface area contributed by atoms with Gasteiger partial charge in [-0.05, 0) is 11.1 Å². The fraction of sp³-hybridized carbons (Fsp3) is 0.200. The van der Waals surface area contributed by atoms with Crippen LogP contribution in [0, 0.1) is 0 Å². The van der Waals surface area contributed by atoms with E-state index in [4.69, 9.17) is 14.6 Å². The minimum absolute atomic E-state index is 0.112. The molecule has 0 aliphatic rings. The van der Waals surface area contributed by atoms with Gasteiger partial charge in [0.15, 0.2) is 0 Å². The predicted octanol–water partition coefficient (Wildman–Crippen LogP) is 2.16. The van der Waals surface area contributed by atoms with Crippen LogP contribution in [0.15, 0.2) is 60.7 Å². The second-order valence-corrected chi connectivity index (χ2v) is 5.84. The molecule has 152 valence electrons. The molecule has 0 aliphatic heterocycles. The van der Waals surface area contributed by atoms with E-state index in [2.05, 4.69) is 5.32 Å². The molecule has 2 aromatic carbocycles. The highest BCUT2D eigenvalue weighted by molar-refractivity contribution is 5.94. The number of ether oxygens (including phenoxy) is 2. The fourth-order valence-electron chi connectivity index (χ4n) is 2.17. The lowest BCUT2D eigenvalue weighted by molar-refractivity contribution is -0.138. The summed E-state index contributed by atoms with van der Waals surface area (Å²) in [6, 6.07) is 17.5. The molecule has 0 radical (unpaired) electrons. The summed E-state index contributed by atoms with van der Waals surface area (Å²) in [5, 5.41) is 10.7. The molecule has 2 rings (SSSR count). The summed E-state index contributed by atoms with van der Waals surface area (Å²) in [7, 11) is 0. The number of hydrogen-bond donors (Lipinski definition) is 2. The van der Waals surface area contributed by atoms with E-state index in [9.17, 15) is 19.2 Å². The molecule has 0 aliphatic carbocycles. The van der Waals surface area contributed by atoms with Gasteiger partial charge in [0, 0.05) is 0 Å². The first kappa shape index (κ1) is 21.4. The molecule has 2 N–H and O–H groups in total. The Kier molecular flexibility index (Phi) is 8.18. The molecule has 9 heteroatoms. The first-order chi connectivity index (χ1) is 14.0. The Morgan fingerprint density at radius 1 is 0.793 bits per heavy atom. The molecule has 0 saturated heterocycles. The third-order valence-corrected chi connectivity index (χ3v) is 3.59. The third kappa shape index (κ3) is 7.71. The van der Waals surface area contributed by atoms with Gasteiger partial charge < -0.3 is 19.9 Å². The number of imide groups is 1. The number of carboxylic acid groups (broad SMARTS) is 1. The van der Waals surface area contributed by atoms with E-state index < -0.39 is 37.2 Å². The molecule has 0 spiro atoms. The molecule has 0 aromatic heterocycles. The smallest absolute Gasteiger partial charge is 0.420 e. The first-order valence-electron chi connectivity index (χ1n) is 8.63. The van der Waals surface area contributed by atoms with Crippen molar-refractivity contribution in [2.45, 2.75) is 13.2 Å². The average molecular weight is 400 g/mol. The Hall–Kier alpha value is -3.88. The summed E-state index contributed by atoms with van der Waals surface area (Å²) in [5.74, 6) is -2.11. The zero-order valence-corrected chi connectivity index (χ0v) is 15.4. The summed E-state index contributed by atoms with van der Waals surface area (Å²) >= 11 is 0. The summed E-state index contributed by atoms with van der Waals surface area (Å²) in [4.78, 5) is 47.6. The number of nitrogens with zero attached hydrogens (tertiary/aromatic N) is 1. The van der Waals surface area contributed by atoms with Crippen molar-refractivity contribution < 1.29 is 33.8 Å². The van der Waals surface area contributed by atoms with Gasteiger partial charge in [0.05, 0.1) is 0 Å². The van der Waals surface area contributed by atoms with Crippen molar-refractivity contribution in [3.63, 3.8) is 0 Å². The number of benzene rings is 2. The maximum absolute atomic E-state index is 12.3. The second kappa shape index (κ2) is 11.1. The van der Waals surface area contributed by atoms with Gasteiger partial charge in [0.1, 0.15) is 26.3 Å². The molecule has 0 heterocycles. The van der Waals surface area contributed by atoms with Crippen molar-refractivity contribution in [1.82, 2.24) is 10.2 Å². The Labute approximate surface area is 166 Å². The molecular weight excluding hydrogens is 380 g/mol. The maximum atomic E-state index is 12.3. The van der Waals surface area contributed by atoms with Gasteiger partial charge in [-0.2, -0.15) is 0 Å². The molecule has 3 amide bonds. The highest BCUT2D eigenvalue weighted by Crippen LogP contribution is 2.07. The number of rotatable bonds is 8. The van der Waals surface area contributed by atoms with Crippen LogP contribution in [0.4, 0.5) is 9.59 Å². The highest BCUT2D eigenvalue weighted by atomic mass is 16.6. The van der Waals surface area contributed by atoms with Gasteiger partial charge in [0.2, 0.25) is 5.91 Å². The lowest BCUT2D eigenvalue weighted by atomic mass is 10.2. The highest BCUT2D eigenvalue weighted by Gasteiger charge is 2.27. The van der Waals surface area contributed by atoms with Crippen LogP contribution in [0.3, 0.4) is 0 Å². The number of hydrogen-bond acceptors (Lipinski definition) is 6. The van der Waals surface area contributed by atoms with Gasteiger partial charge in [0.25, 0.3) is 0 Å². The van der Waals surface area contributed by atoms with Gasteiger partial charge in [-0.15, -0.1) is 0 Å². The molecular formula is C20H20N2O7. The van der Waals surface area contributed by atoms with E-state index in [-0.39, 0.29) is 13.2 Å². The minimum atomic E-state index is -1.26. The minimum Gasteiger partial charge on any atom is -0.480 e. The number of nitrogens with one attached hydrogen (secondary N) is 1. The zero-order valence-electron chi connectivity index (χ0n) is 15.4. The van der Waals surface area contributed by atoms with Crippen LogP contribution in [0.5, 0.6) is 0 Å². The summed E-state index contributed by atoms with van der Waals surface area (Å²) in [6.45, 7) is -1.61. The number of aliphatic carboxylic acids is 1. The lowest BCUT2D eigenvalue weighted by Crippen LogP contribution is -2.45. The van der Waals surface area contributed by atoms with Gasteiger partial charge in [-0.1, -0.05) is 60.7 Å². The van der Waals surface area contributed by atoms with Crippen molar-refractivity contribution in [1.29, 1.82) is 0 Å². The van der Waals surface area contributed by atoms with E-state index in [0.29, 0.717) is 16.0 Å². The second-order valence-electron chi connectivity index (χ2n) is 5.84. The fourth-order valence-corrected chi connectivity index (χ4v) is 2.17. The van der Waals surface area contributed by atoms with Crippen molar-refractivity contribution in [3.8, 4) is 0 Å². The normalized spacial score (nSPS) is 9.93. The van der Waals surface area contributed by atoms with Crippen LogP contribution >= 0.6 is 0 Å². The molecule has 0 atom stereocenters. The lowest BCUT2D eigenvalue weighted by Gasteiger charge is -2.19. The van der Waals surface area contributed by atoms with Crippen LogP contribution < -0.4 is 5.32 Å². The first-order valence-corrected chi connectivity index (χ1v) is 8.63. The SMILES string of the molecule is O=C(O)CNC(=O)CN(C(=O)OCc1ccccc1)C(=O)OCc1ccccc1. The Morgan fingerprint density at radius 2 is 1.24 bits per heavy atom. The molecule has 0 bridgehead atoms. The van der Waals surface area contributed by atoms with Crippen LogP contribution in [0.25, 0.3) is 0 Å². The van der Waals surface area contributed by atoms with Crippen LogP contribution in [0.2, 0.25) is 0 Å². The quantitative estimate of drug-likeness (QED) is 0.696. The molecule has 29 heavy (non-hydrogen) atoms. The largest absolute Gasteiger partial charge is 0.480 e. The van der Waals surface area contributed by atoms with Gasteiger partial charge >= 0.3 is 18.2 Å². The Balaban J connectivity index is 2.00. The molecule has 0 unspecified atom stereocenters. The molecule has 9 nitrogen and oxygen atoms in total. The van der Waals surface area contributed by atoms with Crippen molar-refractivity contribution in [3.05, 3.63) is 71.8 Å². The van der Waals surface area contributed by atoms with E-state index in [1.807, 2.05) is 0 Å². The zero-order chi connectivity index (χ0) is 21.1. The molecule has 2 aromatic rings. The number of carbonyl (C=O) groups is 4. The van der Waals surface area contributed by atoms with Gasteiger partial charge in [-0.25, -0.2) is 14.5 Å². The Morgan fingerprint density at radius 3 is 1.66 bits per heavy atom. The Bertz CT molecular complexity index is 785. The summed E-state index contributed by atoms with van der Waals surface area (Å²) in [5.41, 5.74) is 1.38. The third-order valence-electron chi connectivity index (χ3n) is 3.59. The van der Waals surface area contributed by atoms with E-state index >= 15 is 0 Å². The van der Waals surface area contributed by atoms with E-state index in [1.165, 1.54) is 0 Å². The summed E-state index contributed by atoms with van der Waals surface area (Å²) < 4.78 is 10.2. The van der Waals surface area contributed by atoms with Crippen molar-refractivity contribution in [2.75, 3.05) is 13.1 Å². The monoisotopic (exact) mass is 400 g/mol. The van der Waals surface area contributed by atoms with Crippen LogP contribution in [0.1, 0.15) is 11.1 Å². The maximum Gasteiger partial charge on any atom is 0.420 e. The predicted molar refractivity (Wildman–Crippen MR) is 101 cm³/mol. The summed E-state index contributed by atoms with van der Waals surface area (Å²) in [6.07, 6.45) is -2.17. The van der Waals surface area contributed by atoms with Crippen LogP contribution in [-0.4, -0.2) is 47.2 Å². The number of carboxylic acids is 1. The van der Waals surface area contributed by atoms with Gasteiger partial charge in [-0.3, -0.25) is 9.59 Å².